The fourth-order valence-corrected chi connectivity index (χ4v) is 5.40. The predicted octanol–water partition coefficient (Wildman–Crippen LogP) is 5.40. The average molecular weight is 371 g/mol. The highest BCUT2D eigenvalue weighted by atomic mass is 16.2. The van der Waals surface area contributed by atoms with Crippen molar-refractivity contribution in [1.82, 2.24) is 15.3 Å². The van der Waals surface area contributed by atoms with E-state index in [1.807, 2.05) is 6.07 Å². The molecule has 2 aromatic heterocycles. The molecule has 0 saturated heterocycles. The largest absolute Gasteiger partial charge is 0.346 e. The number of benzene rings is 1. The third-order valence-electron chi connectivity index (χ3n) is 7.23. The molecule has 142 valence electrons. The molecule has 2 aliphatic carbocycles. The van der Waals surface area contributed by atoms with Crippen LogP contribution in [-0.4, -0.2) is 15.9 Å². The highest BCUT2D eigenvalue weighted by Gasteiger charge is 2.43. The van der Waals surface area contributed by atoms with Gasteiger partial charge in [-0.15, -0.1) is 0 Å². The Morgan fingerprint density at radius 3 is 2.61 bits per heavy atom. The van der Waals surface area contributed by atoms with Crippen LogP contribution < -0.4 is 5.32 Å². The summed E-state index contributed by atoms with van der Waals surface area (Å²) in [6.45, 7) is 0. The molecule has 0 unspecified atom stereocenters. The van der Waals surface area contributed by atoms with Crippen molar-refractivity contribution in [2.45, 2.75) is 62.8 Å². The van der Waals surface area contributed by atoms with Crippen molar-refractivity contribution in [3.05, 3.63) is 53.3 Å². The minimum Gasteiger partial charge on any atom is -0.346 e. The molecule has 1 aromatic carbocycles. The lowest BCUT2D eigenvalue weighted by molar-refractivity contribution is 0.0909. The second-order valence-electron chi connectivity index (χ2n) is 8.82. The Bertz CT molecular complexity index is 1090. The fraction of sp³-hybridized carbons (Fsp3) is 0.417. The van der Waals surface area contributed by atoms with E-state index >= 15 is 0 Å². The quantitative estimate of drug-likeness (QED) is 0.634. The van der Waals surface area contributed by atoms with Crippen molar-refractivity contribution in [2.24, 2.45) is 0 Å². The van der Waals surface area contributed by atoms with Crippen molar-refractivity contribution < 1.29 is 4.79 Å². The first-order chi connectivity index (χ1) is 13.7. The van der Waals surface area contributed by atoms with Crippen molar-refractivity contribution in [1.29, 1.82) is 0 Å². The summed E-state index contributed by atoms with van der Waals surface area (Å²) in [6.07, 6.45) is 11.7. The number of aromatic amines is 1. The summed E-state index contributed by atoms with van der Waals surface area (Å²) in [5.41, 5.74) is 6.44. The molecule has 2 saturated carbocycles. The molecule has 2 fully saturated rings. The van der Waals surface area contributed by atoms with Crippen LogP contribution in [0.2, 0.25) is 0 Å². The number of aromatic nitrogens is 2. The van der Waals surface area contributed by atoms with Crippen LogP contribution in [0.5, 0.6) is 0 Å². The van der Waals surface area contributed by atoms with E-state index in [9.17, 15) is 4.79 Å². The first-order valence-electron chi connectivity index (χ1n) is 10.7. The number of nitrogens with zero attached hydrogens (tertiary/aromatic N) is 1. The molecule has 3 aromatic rings. The summed E-state index contributed by atoms with van der Waals surface area (Å²) in [4.78, 5) is 20.8. The maximum Gasteiger partial charge on any atom is 0.252 e. The van der Waals surface area contributed by atoms with Crippen LogP contribution in [0, 0.1) is 0 Å². The minimum atomic E-state index is -0.150. The monoisotopic (exact) mass is 371 g/mol. The molecule has 3 aliphatic rings. The molecule has 2 N–H and O–H groups in total. The molecule has 1 amide bonds. The van der Waals surface area contributed by atoms with E-state index in [2.05, 4.69) is 40.8 Å². The van der Waals surface area contributed by atoms with Gasteiger partial charge in [-0.1, -0.05) is 31.7 Å². The molecular formula is C24H25N3O. The van der Waals surface area contributed by atoms with Crippen LogP contribution in [0.15, 0.2) is 36.5 Å². The third-order valence-corrected chi connectivity index (χ3v) is 7.23. The second-order valence-corrected chi connectivity index (χ2v) is 8.82. The number of hydrogen-bond donors (Lipinski definition) is 2. The Labute approximate surface area is 164 Å². The van der Waals surface area contributed by atoms with Gasteiger partial charge in [0.25, 0.3) is 5.91 Å². The number of fused-ring (bicyclic) bond motifs is 3. The number of rotatable bonds is 2. The average Bonchev–Trinajstić information content (AvgIpc) is 3.20. The number of carbonyl (C=O) groups is 1. The summed E-state index contributed by atoms with van der Waals surface area (Å²) < 4.78 is 0. The Balaban J connectivity index is 1.44. The standard InChI is InChI=1S/C24H25N3O/c28-23-18-8-7-16(13-20(18)24(27-23)11-2-1-3-12-24)19-14-25-22-17(19)9-10-21(26-22)15-5-4-6-15/h7-10,13-15H,1-6,11-12H2,(H,25,26)(H,27,28). The van der Waals surface area contributed by atoms with Crippen LogP contribution in [0.1, 0.15) is 78.9 Å². The zero-order valence-corrected chi connectivity index (χ0v) is 16.1. The summed E-state index contributed by atoms with van der Waals surface area (Å²) >= 11 is 0. The van der Waals surface area contributed by atoms with Crippen molar-refractivity contribution in [3.63, 3.8) is 0 Å². The summed E-state index contributed by atoms with van der Waals surface area (Å²) in [6, 6.07) is 10.8. The van der Waals surface area contributed by atoms with Gasteiger partial charge in [0.15, 0.2) is 0 Å². The van der Waals surface area contributed by atoms with E-state index in [1.54, 1.807) is 0 Å². The fourth-order valence-electron chi connectivity index (χ4n) is 5.40. The molecule has 0 radical (unpaired) electrons. The van der Waals surface area contributed by atoms with Gasteiger partial charge in [0.1, 0.15) is 5.65 Å². The van der Waals surface area contributed by atoms with Crippen molar-refractivity contribution in [2.75, 3.05) is 0 Å². The SMILES string of the molecule is O=C1NC2(CCCCC2)c2cc(-c3c[nH]c4nc(C5CCC5)ccc34)ccc21. The van der Waals surface area contributed by atoms with E-state index in [4.69, 9.17) is 4.98 Å². The van der Waals surface area contributed by atoms with E-state index in [-0.39, 0.29) is 11.4 Å². The first kappa shape index (κ1) is 16.3. The van der Waals surface area contributed by atoms with Gasteiger partial charge >= 0.3 is 0 Å². The number of amides is 1. The molecule has 0 bridgehead atoms. The van der Waals surface area contributed by atoms with Crippen LogP contribution in [0.3, 0.4) is 0 Å². The normalized spacial score (nSPS) is 20.9. The van der Waals surface area contributed by atoms with Gasteiger partial charge in [0, 0.05) is 34.3 Å². The molecule has 4 nitrogen and oxygen atoms in total. The van der Waals surface area contributed by atoms with E-state index in [0.717, 1.165) is 29.4 Å². The molecule has 3 heterocycles. The van der Waals surface area contributed by atoms with E-state index in [1.165, 1.54) is 60.9 Å². The molecule has 1 spiro atoms. The lowest BCUT2D eigenvalue weighted by atomic mass is 9.77. The maximum absolute atomic E-state index is 12.6. The number of pyridine rings is 1. The Kier molecular flexibility index (Phi) is 3.47. The van der Waals surface area contributed by atoms with Gasteiger partial charge < -0.3 is 10.3 Å². The minimum absolute atomic E-state index is 0.0918. The molecule has 28 heavy (non-hydrogen) atoms. The molecule has 4 heteroatoms. The topological polar surface area (TPSA) is 57.8 Å². The van der Waals surface area contributed by atoms with Crippen molar-refractivity contribution >= 4 is 16.9 Å². The number of H-pyrrole nitrogens is 1. The van der Waals surface area contributed by atoms with Gasteiger partial charge in [0.05, 0.1) is 5.54 Å². The summed E-state index contributed by atoms with van der Waals surface area (Å²) in [5.74, 6) is 0.730. The Morgan fingerprint density at radius 2 is 1.82 bits per heavy atom. The highest BCUT2D eigenvalue weighted by Crippen LogP contribution is 2.44. The maximum atomic E-state index is 12.6. The van der Waals surface area contributed by atoms with Gasteiger partial charge in [-0.25, -0.2) is 4.98 Å². The van der Waals surface area contributed by atoms with Crippen LogP contribution in [0.4, 0.5) is 0 Å². The third kappa shape index (κ3) is 2.30. The summed E-state index contributed by atoms with van der Waals surface area (Å²) in [5, 5.41) is 4.48. The first-order valence-corrected chi connectivity index (χ1v) is 10.7. The number of nitrogens with one attached hydrogen (secondary N) is 2. The molecule has 0 atom stereocenters. The zero-order chi connectivity index (χ0) is 18.7. The molecular weight excluding hydrogens is 346 g/mol. The van der Waals surface area contributed by atoms with E-state index in [0.29, 0.717) is 5.92 Å². The van der Waals surface area contributed by atoms with Crippen LogP contribution >= 0.6 is 0 Å². The molecule has 1 aliphatic heterocycles. The van der Waals surface area contributed by atoms with Gasteiger partial charge in [-0.3, -0.25) is 4.79 Å². The van der Waals surface area contributed by atoms with Gasteiger partial charge in [0.2, 0.25) is 0 Å². The lowest BCUT2D eigenvalue weighted by Gasteiger charge is -2.34. The highest BCUT2D eigenvalue weighted by molar-refractivity contribution is 6.01. The zero-order valence-electron chi connectivity index (χ0n) is 16.1. The predicted molar refractivity (Wildman–Crippen MR) is 110 cm³/mol. The molecule has 6 rings (SSSR count). The van der Waals surface area contributed by atoms with Crippen LogP contribution in [-0.2, 0) is 5.54 Å². The smallest absolute Gasteiger partial charge is 0.252 e. The summed E-state index contributed by atoms with van der Waals surface area (Å²) in [7, 11) is 0. The Hall–Kier alpha value is -2.62. The number of hydrogen-bond acceptors (Lipinski definition) is 2. The second kappa shape index (κ2) is 5.94. The van der Waals surface area contributed by atoms with Crippen molar-refractivity contribution in [3.8, 4) is 11.1 Å². The Morgan fingerprint density at radius 1 is 0.964 bits per heavy atom. The lowest BCUT2D eigenvalue weighted by Crippen LogP contribution is -2.40. The van der Waals surface area contributed by atoms with Crippen LogP contribution in [0.25, 0.3) is 22.2 Å². The number of carbonyl (C=O) groups excluding carboxylic acids is 1. The van der Waals surface area contributed by atoms with Gasteiger partial charge in [-0.2, -0.15) is 0 Å². The van der Waals surface area contributed by atoms with E-state index < -0.39 is 0 Å². The van der Waals surface area contributed by atoms with Gasteiger partial charge in [-0.05, 0) is 61.1 Å².